The van der Waals surface area contributed by atoms with Gasteiger partial charge in [-0.05, 0) is 31.4 Å². The molecule has 0 atom stereocenters. The molecular weight excluding hydrogens is 270 g/mol. The minimum absolute atomic E-state index is 0.146. The molecule has 0 radical (unpaired) electrons. The highest BCUT2D eigenvalue weighted by Crippen LogP contribution is 2.37. The quantitative estimate of drug-likeness (QED) is 0.681. The van der Waals surface area contributed by atoms with Gasteiger partial charge in [-0.25, -0.2) is 0 Å². The maximum Gasteiger partial charge on any atom is 0.293 e. The van der Waals surface area contributed by atoms with Gasteiger partial charge in [0, 0.05) is 6.07 Å². The lowest BCUT2D eigenvalue weighted by molar-refractivity contribution is -0.384. The minimum Gasteiger partial charge on any atom is -0.319 e. The summed E-state index contributed by atoms with van der Waals surface area (Å²) in [7, 11) is 0. The lowest BCUT2D eigenvalue weighted by atomic mass is 9.74. The van der Waals surface area contributed by atoms with Crippen molar-refractivity contribution in [2.75, 3.05) is 5.32 Å². The molecule has 0 spiro atoms. The number of hydrogen-bond donors (Lipinski definition) is 1. The van der Waals surface area contributed by atoms with Crippen LogP contribution in [-0.2, 0) is 4.79 Å². The maximum atomic E-state index is 12.4. The monoisotopic (exact) mass is 287 g/mol. The molecule has 1 saturated carbocycles. The molecule has 0 aromatic heterocycles. The molecule has 1 aromatic rings. The molecule has 2 rings (SSSR count). The number of carbonyl (C=O) groups is 1. The summed E-state index contributed by atoms with van der Waals surface area (Å²) < 4.78 is 0. The number of nitriles is 1. The first kappa shape index (κ1) is 15.0. The van der Waals surface area contributed by atoms with Crippen LogP contribution >= 0.6 is 0 Å². The van der Waals surface area contributed by atoms with Crippen LogP contribution in [0.3, 0.4) is 0 Å². The number of hydrogen-bond acceptors (Lipinski definition) is 4. The van der Waals surface area contributed by atoms with Gasteiger partial charge < -0.3 is 5.32 Å². The third kappa shape index (κ3) is 3.02. The summed E-state index contributed by atoms with van der Waals surface area (Å²) in [5, 5.41) is 23.0. The van der Waals surface area contributed by atoms with Gasteiger partial charge >= 0.3 is 0 Å². The molecular formula is C15H17N3O3. The third-order valence-electron chi connectivity index (χ3n) is 3.95. The van der Waals surface area contributed by atoms with E-state index in [-0.39, 0.29) is 11.4 Å². The molecule has 0 bridgehead atoms. The second-order valence-electron chi connectivity index (χ2n) is 5.49. The average molecular weight is 287 g/mol. The Kier molecular flexibility index (Phi) is 4.22. The zero-order valence-electron chi connectivity index (χ0n) is 11.9. The Bertz CT molecular complexity index is 613. The van der Waals surface area contributed by atoms with Crippen LogP contribution in [0, 0.1) is 33.8 Å². The van der Waals surface area contributed by atoms with E-state index >= 15 is 0 Å². The van der Waals surface area contributed by atoms with Crippen molar-refractivity contribution in [2.24, 2.45) is 5.41 Å². The molecule has 21 heavy (non-hydrogen) atoms. The van der Waals surface area contributed by atoms with E-state index < -0.39 is 16.2 Å². The highest BCUT2D eigenvalue weighted by atomic mass is 16.6. The standard InChI is InChI=1S/C15H17N3O3/c1-11-5-6-12(13(9-11)18(20)21)17-14(19)15(10-16)7-3-2-4-8-15/h5-6,9H,2-4,7-8H2,1H3,(H,17,19). The van der Waals surface area contributed by atoms with Gasteiger partial charge in [-0.3, -0.25) is 14.9 Å². The molecule has 1 aliphatic rings. The summed E-state index contributed by atoms with van der Waals surface area (Å²) in [5.74, 6) is -0.434. The van der Waals surface area contributed by atoms with Gasteiger partial charge in [-0.1, -0.05) is 25.3 Å². The predicted molar refractivity (Wildman–Crippen MR) is 77.6 cm³/mol. The zero-order valence-corrected chi connectivity index (χ0v) is 11.9. The highest BCUT2D eigenvalue weighted by Gasteiger charge is 2.40. The van der Waals surface area contributed by atoms with Crippen LogP contribution in [0.5, 0.6) is 0 Å². The molecule has 1 aromatic carbocycles. The summed E-state index contributed by atoms with van der Waals surface area (Å²) in [6, 6.07) is 6.74. The summed E-state index contributed by atoms with van der Waals surface area (Å²) in [6.45, 7) is 1.75. The summed E-state index contributed by atoms with van der Waals surface area (Å²) in [5.41, 5.74) is -0.313. The summed E-state index contributed by atoms with van der Waals surface area (Å²) in [4.78, 5) is 23.0. The lowest BCUT2D eigenvalue weighted by Gasteiger charge is -2.29. The van der Waals surface area contributed by atoms with Crippen LogP contribution in [0.2, 0.25) is 0 Å². The number of aryl methyl sites for hydroxylation is 1. The zero-order chi connectivity index (χ0) is 15.5. The van der Waals surface area contributed by atoms with Crippen molar-refractivity contribution in [1.82, 2.24) is 0 Å². The van der Waals surface area contributed by atoms with Crippen molar-refractivity contribution in [2.45, 2.75) is 39.0 Å². The molecule has 0 unspecified atom stereocenters. The van der Waals surface area contributed by atoms with Gasteiger partial charge in [0.15, 0.2) is 0 Å². The van der Waals surface area contributed by atoms with Crippen molar-refractivity contribution >= 4 is 17.3 Å². The number of nitro benzene ring substituents is 1. The Labute approximate surface area is 122 Å². The summed E-state index contributed by atoms with van der Waals surface area (Å²) in [6.07, 6.45) is 3.69. The SMILES string of the molecule is Cc1ccc(NC(=O)C2(C#N)CCCCC2)c([N+](=O)[O-])c1. The van der Waals surface area contributed by atoms with Crippen LogP contribution < -0.4 is 5.32 Å². The first-order chi connectivity index (χ1) is 9.98. The lowest BCUT2D eigenvalue weighted by Crippen LogP contribution is -2.36. The van der Waals surface area contributed by atoms with Gasteiger partial charge in [0.1, 0.15) is 11.1 Å². The first-order valence-corrected chi connectivity index (χ1v) is 6.96. The number of nitro groups is 1. The van der Waals surface area contributed by atoms with Crippen LogP contribution in [0.4, 0.5) is 11.4 Å². The number of amides is 1. The van der Waals surface area contributed by atoms with E-state index in [0.717, 1.165) is 24.8 Å². The van der Waals surface area contributed by atoms with E-state index in [2.05, 4.69) is 11.4 Å². The van der Waals surface area contributed by atoms with Crippen molar-refractivity contribution in [3.05, 3.63) is 33.9 Å². The van der Waals surface area contributed by atoms with Gasteiger partial charge in [0.25, 0.3) is 5.69 Å². The number of nitrogens with one attached hydrogen (secondary N) is 1. The maximum absolute atomic E-state index is 12.4. The largest absolute Gasteiger partial charge is 0.319 e. The Balaban J connectivity index is 2.27. The molecule has 6 nitrogen and oxygen atoms in total. The molecule has 1 fully saturated rings. The van der Waals surface area contributed by atoms with E-state index in [1.165, 1.54) is 12.1 Å². The fourth-order valence-electron chi connectivity index (χ4n) is 2.69. The molecule has 0 aliphatic heterocycles. The Morgan fingerprint density at radius 2 is 2.05 bits per heavy atom. The number of nitrogens with zero attached hydrogens (tertiary/aromatic N) is 2. The highest BCUT2D eigenvalue weighted by molar-refractivity contribution is 5.99. The average Bonchev–Trinajstić information content (AvgIpc) is 2.49. The van der Waals surface area contributed by atoms with Crippen molar-refractivity contribution in [3.8, 4) is 6.07 Å². The smallest absolute Gasteiger partial charge is 0.293 e. The Morgan fingerprint density at radius 1 is 1.38 bits per heavy atom. The second kappa shape index (κ2) is 5.92. The first-order valence-electron chi connectivity index (χ1n) is 6.96. The van der Waals surface area contributed by atoms with Crippen molar-refractivity contribution in [3.63, 3.8) is 0 Å². The number of rotatable bonds is 3. The molecule has 0 saturated heterocycles. The fraction of sp³-hybridized carbons (Fsp3) is 0.467. The third-order valence-corrected chi connectivity index (χ3v) is 3.95. The van der Waals surface area contributed by atoms with Crippen LogP contribution in [0.25, 0.3) is 0 Å². The minimum atomic E-state index is -1.06. The normalized spacial score (nSPS) is 16.8. The molecule has 1 amide bonds. The summed E-state index contributed by atoms with van der Waals surface area (Å²) >= 11 is 0. The molecule has 1 N–H and O–H groups in total. The van der Waals surface area contributed by atoms with E-state index in [1.807, 2.05) is 0 Å². The predicted octanol–water partition coefficient (Wildman–Crippen LogP) is 3.32. The van der Waals surface area contributed by atoms with E-state index in [4.69, 9.17) is 0 Å². The fourth-order valence-corrected chi connectivity index (χ4v) is 2.69. The van der Waals surface area contributed by atoms with Gasteiger partial charge in [0.05, 0.1) is 11.0 Å². The number of anilines is 1. The van der Waals surface area contributed by atoms with E-state index in [1.54, 1.807) is 13.0 Å². The van der Waals surface area contributed by atoms with Crippen LogP contribution in [-0.4, -0.2) is 10.8 Å². The second-order valence-corrected chi connectivity index (χ2v) is 5.49. The van der Waals surface area contributed by atoms with Crippen LogP contribution in [0.1, 0.15) is 37.7 Å². The molecule has 1 aliphatic carbocycles. The molecule has 110 valence electrons. The van der Waals surface area contributed by atoms with E-state index in [0.29, 0.717) is 12.8 Å². The Hall–Kier alpha value is -2.42. The topological polar surface area (TPSA) is 96.0 Å². The van der Waals surface area contributed by atoms with E-state index in [9.17, 15) is 20.2 Å². The Morgan fingerprint density at radius 3 is 2.62 bits per heavy atom. The van der Waals surface area contributed by atoms with Crippen molar-refractivity contribution < 1.29 is 9.72 Å². The van der Waals surface area contributed by atoms with Gasteiger partial charge in [0.2, 0.25) is 5.91 Å². The van der Waals surface area contributed by atoms with Crippen molar-refractivity contribution in [1.29, 1.82) is 5.26 Å². The van der Waals surface area contributed by atoms with Gasteiger partial charge in [-0.15, -0.1) is 0 Å². The van der Waals surface area contributed by atoms with Gasteiger partial charge in [-0.2, -0.15) is 5.26 Å². The van der Waals surface area contributed by atoms with Crippen LogP contribution in [0.15, 0.2) is 18.2 Å². The molecule has 6 heteroatoms. The molecule has 0 heterocycles. The number of benzene rings is 1. The number of carbonyl (C=O) groups excluding carboxylic acids is 1.